The van der Waals surface area contributed by atoms with Gasteiger partial charge in [0.05, 0.1) is 61.2 Å². The molecule has 2 aromatic carbocycles. The van der Waals surface area contributed by atoms with Crippen molar-refractivity contribution in [2.75, 3.05) is 65.3 Å². The number of methoxy groups -OCH3 is 2. The summed E-state index contributed by atoms with van der Waals surface area (Å²) in [6, 6.07) is 12.6. The number of likely N-dealkylation sites (N-methyl/N-ethyl adjacent to an activating group) is 2. The predicted molar refractivity (Wildman–Crippen MR) is 310 cm³/mol. The Morgan fingerprint density at radius 2 is 1.51 bits per heavy atom. The van der Waals surface area contributed by atoms with Gasteiger partial charge in [-0.15, -0.1) is 0 Å². The number of imide groups is 1. The van der Waals surface area contributed by atoms with Crippen molar-refractivity contribution >= 4 is 64.8 Å². The zero-order valence-electron chi connectivity index (χ0n) is 49.7. The van der Waals surface area contributed by atoms with Gasteiger partial charge in [0.2, 0.25) is 35.4 Å². The van der Waals surface area contributed by atoms with Crippen molar-refractivity contribution < 1.29 is 57.7 Å². The molecular weight excluding hydrogens is 1040 g/mol. The Morgan fingerprint density at radius 3 is 2.11 bits per heavy atom. The number of nitrogens with one attached hydrogen (secondary N) is 3. The minimum atomic E-state index is -1.00. The van der Waals surface area contributed by atoms with E-state index in [9.17, 15) is 43.5 Å². The Labute approximate surface area is 479 Å². The first-order chi connectivity index (χ1) is 38.0. The Hall–Kier alpha value is -5.57. The van der Waals surface area contributed by atoms with Crippen LogP contribution < -0.4 is 16.0 Å². The van der Waals surface area contributed by atoms with E-state index in [0.717, 1.165) is 6.42 Å². The molecule has 2 fully saturated rings. The zero-order valence-corrected chi connectivity index (χ0v) is 50.6. The first-order valence-electron chi connectivity index (χ1n) is 28.5. The zero-order chi connectivity index (χ0) is 59.4. The van der Waals surface area contributed by atoms with Crippen molar-refractivity contribution in [2.45, 2.75) is 168 Å². The highest BCUT2D eigenvalue weighted by Gasteiger charge is 2.44. The number of ether oxygens (including phenoxy) is 3. The second kappa shape index (κ2) is 32.8. The van der Waals surface area contributed by atoms with E-state index in [0.29, 0.717) is 74.2 Å². The lowest BCUT2D eigenvalue weighted by Crippen LogP contribution is -2.60. The summed E-state index contributed by atoms with van der Waals surface area (Å²) in [6.07, 6.45) is 3.50. The van der Waals surface area contributed by atoms with Crippen molar-refractivity contribution in [1.82, 2.24) is 30.2 Å². The SMILES string of the molecule is CC[C@H](C)[C@@H]([C@@H](CC(=O)N1CCC[C@H]1[C@H](OC)[C@@H](C)C(=O)N[C@H](C)[C@@H](O)c1ccccc1)OC)N(C)C(=O)[C@@H](NC(=O)[C@H](C(C)C)N(C)C(=O)OCc1ccc(NCC(=O)CCCCCN2C(=O)CC(CSC)C2=O)cc1)C(C)C. The number of likely N-dealkylation sites (tertiary alicyclic amines) is 2. The van der Waals surface area contributed by atoms with Crippen LogP contribution in [0.4, 0.5) is 10.5 Å². The fraction of sp³-hybridized carbons (Fsp3) is 0.667. The average Bonchev–Trinajstić information content (AvgIpc) is 4.05. The number of hydrogen-bond donors (Lipinski definition) is 4. The summed E-state index contributed by atoms with van der Waals surface area (Å²) in [5.41, 5.74) is 2.08. The van der Waals surface area contributed by atoms with Crippen LogP contribution >= 0.6 is 11.8 Å². The van der Waals surface area contributed by atoms with E-state index in [1.807, 2.05) is 52.1 Å². The maximum Gasteiger partial charge on any atom is 0.410 e. The number of aliphatic hydroxyl groups is 1. The van der Waals surface area contributed by atoms with Gasteiger partial charge < -0.3 is 45.1 Å². The van der Waals surface area contributed by atoms with E-state index in [-0.39, 0.29) is 85.0 Å². The number of carbonyl (C=O) groups is 8. The molecule has 2 saturated heterocycles. The van der Waals surface area contributed by atoms with Gasteiger partial charge in [-0.3, -0.25) is 43.4 Å². The number of benzene rings is 2. The van der Waals surface area contributed by atoms with Crippen LogP contribution in [0.5, 0.6) is 0 Å². The van der Waals surface area contributed by atoms with E-state index in [2.05, 4.69) is 16.0 Å². The van der Waals surface area contributed by atoms with E-state index < -0.39 is 66.4 Å². The van der Waals surface area contributed by atoms with Gasteiger partial charge in [-0.05, 0) is 79.9 Å². The molecule has 2 heterocycles. The van der Waals surface area contributed by atoms with E-state index in [4.69, 9.17) is 14.2 Å². The molecule has 0 bridgehead atoms. The number of nitrogens with zero attached hydrogens (tertiary/aromatic N) is 4. The lowest BCUT2D eigenvalue weighted by molar-refractivity contribution is -0.148. The number of thioether (sulfide) groups is 1. The largest absolute Gasteiger partial charge is 0.445 e. The van der Waals surface area contributed by atoms with Gasteiger partial charge in [0, 0.05) is 65.7 Å². The summed E-state index contributed by atoms with van der Waals surface area (Å²) >= 11 is 1.56. The third-order valence-electron chi connectivity index (χ3n) is 15.9. The number of ketones is 1. The van der Waals surface area contributed by atoms with E-state index in [1.165, 1.54) is 31.1 Å². The van der Waals surface area contributed by atoms with Crippen LogP contribution in [0.2, 0.25) is 0 Å². The van der Waals surface area contributed by atoms with Gasteiger partial charge in [0.25, 0.3) is 0 Å². The molecule has 446 valence electrons. The fourth-order valence-corrected chi connectivity index (χ4v) is 11.7. The molecule has 4 rings (SSSR count). The average molecular weight is 1140 g/mol. The summed E-state index contributed by atoms with van der Waals surface area (Å²) in [5, 5.41) is 20.0. The van der Waals surface area contributed by atoms with Crippen molar-refractivity contribution in [3.8, 4) is 0 Å². The molecule has 7 amide bonds. The second-order valence-corrected chi connectivity index (χ2v) is 23.4. The maximum absolute atomic E-state index is 14.7. The molecule has 2 aromatic rings. The second-order valence-electron chi connectivity index (χ2n) is 22.5. The summed E-state index contributed by atoms with van der Waals surface area (Å²) in [4.78, 5) is 114. The third-order valence-corrected chi connectivity index (χ3v) is 16.7. The van der Waals surface area contributed by atoms with Crippen LogP contribution in [0.1, 0.15) is 130 Å². The van der Waals surface area contributed by atoms with Crippen molar-refractivity contribution in [3.63, 3.8) is 0 Å². The quantitative estimate of drug-likeness (QED) is 0.0423. The molecule has 0 aromatic heterocycles. The van der Waals surface area contributed by atoms with Crippen molar-refractivity contribution in [3.05, 3.63) is 65.7 Å². The normalized spacial score (nSPS) is 18.9. The van der Waals surface area contributed by atoms with E-state index >= 15 is 0 Å². The molecule has 0 aliphatic carbocycles. The van der Waals surface area contributed by atoms with Crippen LogP contribution in [0.15, 0.2) is 54.6 Å². The van der Waals surface area contributed by atoms with Gasteiger partial charge >= 0.3 is 6.09 Å². The number of aliphatic hydroxyl groups excluding tert-OH is 1. The molecule has 0 spiro atoms. The van der Waals surface area contributed by atoms with Crippen LogP contribution in [-0.4, -0.2) is 174 Å². The van der Waals surface area contributed by atoms with Gasteiger partial charge in [-0.25, -0.2) is 4.79 Å². The standard InChI is InChI=1S/C60H93N7O12S/c1-14-39(6)53(48(77-11)33-50(70)66-31-21-25-47(66)55(78-12)40(7)56(72)62-41(8)54(71)43-22-17-15-18-23-43)64(9)59(75)51(37(2)3)63-57(73)52(38(4)5)65(10)60(76)79-35-42-26-28-45(29-27-42)61-34-46(68)24-19-16-20-30-67-49(69)32-44(36-80-13)58(67)74/h15,17-18,22-23,26-29,37-41,44,47-48,51-55,61,71H,14,16,19-21,24-25,30-36H2,1-13H3,(H,62,72)(H,63,73)/t39-,40+,41+,44?,47-,48+,51-,52-,53-,54+,55+/m0/s1. The molecule has 4 N–H and O–H groups in total. The minimum Gasteiger partial charge on any atom is -0.445 e. The van der Waals surface area contributed by atoms with Gasteiger partial charge in [-0.1, -0.05) is 104 Å². The smallest absolute Gasteiger partial charge is 0.410 e. The molecular formula is C60H93N7O12S. The monoisotopic (exact) mass is 1140 g/mol. The van der Waals surface area contributed by atoms with Crippen molar-refractivity contribution in [2.24, 2.45) is 29.6 Å². The molecule has 11 atom stereocenters. The number of Topliss-reactive ketones (excluding diaryl/α,β-unsaturated/α-hetero) is 1. The minimum absolute atomic E-state index is 0.0342. The first-order valence-corrected chi connectivity index (χ1v) is 29.9. The highest BCUT2D eigenvalue weighted by atomic mass is 32.2. The Morgan fingerprint density at radius 1 is 0.838 bits per heavy atom. The molecule has 0 radical (unpaired) electrons. The molecule has 20 heteroatoms. The number of carbonyl (C=O) groups excluding carboxylic acids is 8. The Kier molecular flexibility index (Phi) is 27.4. The molecule has 2 aliphatic heterocycles. The summed E-state index contributed by atoms with van der Waals surface area (Å²) in [6.45, 7) is 15.7. The summed E-state index contributed by atoms with van der Waals surface area (Å²) in [5.74, 6) is -2.72. The maximum atomic E-state index is 14.7. The summed E-state index contributed by atoms with van der Waals surface area (Å²) < 4.78 is 17.7. The van der Waals surface area contributed by atoms with Gasteiger partial charge in [-0.2, -0.15) is 11.8 Å². The Bertz CT molecular complexity index is 2340. The van der Waals surface area contributed by atoms with Crippen molar-refractivity contribution in [1.29, 1.82) is 0 Å². The number of amides is 7. The van der Waals surface area contributed by atoms with Crippen LogP contribution in [-0.2, 0) is 54.4 Å². The lowest BCUT2D eigenvalue weighted by Gasteiger charge is -2.41. The highest BCUT2D eigenvalue weighted by molar-refractivity contribution is 7.98. The Balaban J connectivity index is 1.31. The molecule has 0 saturated carbocycles. The first kappa shape index (κ1) is 66.9. The fourth-order valence-electron chi connectivity index (χ4n) is 11.0. The molecule has 19 nitrogen and oxygen atoms in total. The van der Waals surface area contributed by atoms with Crippen LogP contribution in [0, 0.1) is 29.6 Å². The molecule has 2 aliphatic rings. The van der Waals surface area contributed by atoms with Gasteiger partial charge in [0.15, 0.2) is 5.78 Å². The molecule has 80 heavy (non-hydrogen) atoms. The summed E-state index contributed by atoms with van der Waals surface area (Å²) in [7, 11) is 6.20. The topological polar surface area (TPSA) is 234 Å². The number of hydrogen-bond acceptors (Lipinski definition) is 14. The highest BCUT2D eigenvalue weighted by Crippen LogP contribution is 2.31. The number of anilines is 1. The molecule has 1 unspecified atom stereocenters. The lowest BCUT2D eigenvalue weighted by atomic mass is 9.89. The van der Waals surface area contributed by atoms with Crippen LogP contribution in [0.3, 0.4) is 0 Å². The van der Waals surface area contributed by atoms with Crippen LogP contribution in [0.25, 0.3) is 0 Å². The van der Waals surface area contributed by atoms with Gasteiger partial charge in [0.1, 0.15) is 18.7 Å². The predicted octanol–water partition coefficient (Wildman–Crippen LogP) is 6.86. The van der Waals surface area contributed by atoms with E-state index in [1.54, 1.807) is 92.7 Å². The third kappa shape index (κ3) is 18.5. The number of unbranched alkanes of at least 4 members (excludes halogenated alkanes) is 2. The number of rotatable bonds is 33.